The van der Waals surface area contributed by atoms with Crippen LogP contribution in [-0.2, 0) is 14.9 Å². The normalized spacial score (nSPS) is 14.3. The second-order valence-electron chi connectivity index (χ2n) is 14.7. The molecule has 0 aromatic rings. The van der Waals surface area contributed by atoms with E-state index in [4.69, 9.17) is 0 Å². The van der Waals surface area contributed by atoms with Crippen LogP contribution in [0.3, 0.4) is 0 Å². The molecule has 7 nitrogen and oxygen atoms in total. The maximum Gasteiger partial charge on any atom is 0.267 e. The van der Waals surface area contributed by atoms with Gasteiger partial charge in [0.25, 0.3) is 10.1 Å². The zero-order chi connectivity index (χ0) is 38.4. The number of hydrogen-bond donors (Lipinski definition) is 4. The standard InChI is InChI=1S/C44H81NO6S/c1-3-5-7-9-11-13-15-17-19-20-21-22-23-25-27-29-31-33-35-37-39-43(47)44(48)45-41(40-52(49,50)51)42(46)38-36-34-32-30-28-26-24-18-16-14-12-10-8-6-4-2/h5,7,11,13,28,30,36,38,41-43,46-47H,3-4,6,8-10,12,14-27,29,31-35,37,39-40H2,1-2H3,(H,45,48)(H,49,50,51)/b7-5-,13-11-,30-28+,38-36+. The van der Waals surface area contributed by atoms with Gasteiger partial charge in [-0.25, -0.2) is 0 Å². The third-order valence-electron chi connectivity index (χ3n) is 9.60. The number of rotatable bonds is 38. The van der Waals surface area contributed by atoms with Crippen molar-refractivity contribution in [2.45, 2.75) is 218 Å². The van der Waals surface area contributed by atoms with E-state index < -0.39 is 40.0 Å². The molecule has 0 aliphatic carbocycles. The van der Waals surface area contributed by atoms with E-state index in [9.17, 15) is 28.0 Å². The fourth-order valence-corrected chi connectivity index (χ4v) is 7.07. The molecule has 0 aromatic carbocycles. The molecule has 0 fully saturated rings. The number of hydrogen-bond acceptors (Lipinski definition) is 5. The summed E-state index contributed by atoms with van der Waals surface area (Å²) in [6.07, 6.45) is 47.4. The molecule has 0 aromatic heterocycles. The Kier molecular flexibility index (Phi) is 36.3. The second kappa shape index (κ2) is 37.6. The second-order valence-corrected chi connectivity index (χ2v) is 16.2. The Labute approximate surface area is 321 Å². The smallest absolute Gasteiger partial charge is 0.267 e. The third kappa shape index (κ3) is 36.6. The Morgan fingerprint density at radius 2 is 0.981 bits per heavy atom. The lowest BCUT2D eigenvalue weighted by Crippen LogP contribution is -2.50. The van der Waals surface area contributed by atoms with Gasteiger partial charge in [-0.05, 0) is 57.8 Å². The van der Waals surface area contributed by atoms with E-state index in [1.165, 1.54) is 128 Å². The summed E-state index contributed by atoms with van der Waals surface area (Å²) >= 11 is 0. The molecule has 3 atom stereocenters. The fourth-order valence-electron chi connectivity index (χ4n) is 6.33. The summed E-state index contributed by atoms with van der Waals surface area (Å²) in [5.41, 5.74) is 0. The maximum atomic E-state index is 12.6. The molecular weight excluding hydrogens is 671 g/mol. The minimum absolute atomic E-state index is 0.272. The lowest BCUT2D eigenvalue weighted by molar-refractivity contribution is -0.130. The van der Waals surface area contributed by atoms with Crippen molar-refractivity contribution in [3.8, 4) is 0 Å². The Hall–Kier alpha value is -1.74. The van der Waals surface area contributed by atoms with Crippen molar-refractivity contribution in [3.63, 3.8) is 0 Å². The monoisotopic (exact) mass is 752 g/mol. The van der Waals surface area contributed by atoms with Crippen molar-refractivity contribution in [2.75, 3.05) is 5.75 Å². The number of carbonyl (C=O) groups excluding carboxylic acids is 1. The van der Waals surface area contributed by atoms with Crippen LogP contribution in [-0.4, -0.2) is 53.1 Å². The van der Waals surface area contributed by atoms with Crippen LogP contribution in [0.2, 0.25) is 0 Å². The minimum Gasteiger partial charge on any atom is -0.387 e. The lowest BCUT2D eigenvalue weighted by Gasteiger charge is -2.22. The summed E-state index contributed by atoms with van der Waals surface area (Å²) in [6, 6.07) is -1.25. The third-order valence-corrected chi connectivity index (χ3v) is 10.4. The Morgan fingerprint density at radius 1 is 0.558 bits per heavy atom. The summed E-state index contributed by atoms with van der Waals surface area (Å²) in [5.74, 6) is -1.56. The average molecular weight is 752 g/mol. The molecule has 0 bridgehead atoms. The largest absolute Gasteiger partial charge is 0.387 e. The number of amides is 1. The van der Waals surface area contributed by atoms with E-state index in [0.29, 0.717) is 12.8 Å². The van der Waals surface area contributed by atoms with Gasteiger partial charge in [-0.3, -0.25) is 9.35 Å². The van der Waals surface area contributed by atoms with Gasteiger partial charge in [0.05, 0.1) is 17.9 Å². The van der Waals surface area contributed by atoms with Gasteiger partial charge in [0.2, 0.25) is 5.91 Å². The van der Waals surface area contributed by atoms with E-state index in [1.54, 1.807) is 6.08 Å². The molecule has 304 valence electrons. The molecular formula is C44H81NO6S. The Balaban J connectivity index is 4.01. The van der Waals surface area contributed by atoms with Crippen LogP contribution >= 0.6 is 0 Å². The molecule has 0 aliphatic rings. The summed E-state index contributed by atoms with van der Waals surface area (Å²) in [6.45, 7) is 4.41. The SMILES string of the molecule is CC/C=C\C/C=C\CCCCCCCCCCCCCCCC(O)C(=O)NC(CS(=O)(=O)O)C(O)/C=C/CC/C=C/CCCCCCCCCCC. The van der Waals surface area contributed by atoms with Gasteiger partial charge < -0.3 is 15.5 Å². The van der Waals surface area contributed by atoms with E-state index in [1.807, 2.05) is 0 Å². The van der Waals surface area contributed by atoms with Crippen molar-refractivity contribution >= 4 is 16.0 Å². The zero-order valence-corrected chi connectivity index (χ0v) is 34.4. The highest BCUT2D eigenvalue weighted by atomic mass is 32.2. The van der Waals surface area contributed by atoms with Gasteiger partial charge in [0.15, 0.2) is 0 Å². The van der Waals surface area contributed by atoms with Crippen LogP contribution in [0.25, 0.3) is 0 Å². The van der Waals surface area contributed by atoms with Crippen LogP contribution in [0.5, 0.6) is 0 Å². The quantitative estimate of drug-likeness (QED) is 0.0283. The first-order chi connectivity index (χ1) is 25.2. The van der Waals surface area contributed by atoms with Crippen LogP contribution in [0.15, 0.2) is 48.6 Å². The molecule has 8 heteroatoms. The number of carbonyl (C=O) groups is 1. The van der Waals surface area contributed by atoms with Gasteiger partial charge in [0.1, 0.15) is 6.10 Å². The van der Waals surface area contributed by atoms with E-state index in [0.717, 1.165) is 44.9 Å². The van der Waals surface area contributed by atoms with Crippen LogP contribution < -0.4 is 5.32 Å². The number of unbranched alkanes of at least 4 members (excludes halogenated alkanes) is 23. The molecule has 1 amide bonds. The molecule has 0 aliphatic heterocycles. The van der Waals surface area contributed by atoms with Gasteiger partial charge in [0, 0.05) is 0 Å². The topological polar surface area (TPSA) is 124 Å². The van der Waals surface area contributed by atoms with Crippen LogP contribution in [0.1, 0.15) is 200 Å². The van der Waals surface area contributed by atoms with Gasteiger partial charge in [-0.1, -0.05) is 191 Å². The zero-order valence-electron chi connectivity index (χ0n) is 33.5. The van der Waals surface area contributed by atoms with Gasteiger partial charge in [-0.15, -0.1) is 0 Å². The van der Waals surface area contributed by atoms with E-state index in [2.05, 4.69) is 55.6 Å². The lowest BCUT2D eigenvalue weighted by atomic mass is 10.0. The Morgan fingerprint density at radius 3 is 1.48 bits per heavy atom. The number of aliphatic hydroxyl groups excluding tert-OH is 2. The maximum absolute atomic E-state index is 12.6. The molecule has 0 saturated carbocycles. The summed E-state index contributed by atoms with van der Waals surface area (Å²) in [4.78, 5) is 12.6. The highest BCUT2D eigenvalue weighted by molar-refractivity contribution is 7.85. The van der Waals surface area contributed by atoms with Gasteiger partial charge >= 0.3 is 0 Å². The van der Waals surface area contributed by atoms with Crippen LogP contribution in [0.4, 0.5) is 0 Å². The van der Waals surface area contributed by atoms with E-state index >= 15 is 0 Å². The average Bonchev–Trinajstić information content (AvgIpc) is 3.11. The minimum atomic E-state index is -4.45. The highest BCUT2D eigenvalue weighted by Crippen LogP contribution is 2.15. The number of allylic oxidation sites excluding steroid dienone is 7. The van der Waals surface area contributed by atoms with Crippen molar-refractivity contribution < 1.29 is 28.0 Å². The van der Waals surface area contributed by atoms with Crippen molar-refractivity contribution in [3.05, 3.63) is 48.6 Å². The molecule has 0 rings (SSSR count). The summed E-state index contributed by atoms with van der Waals surface area (Å²) < 4.78 is 32.5. The highest BCUT2D eigenvalue weighted by Gasteiger charge is 2.27. The summed E-state index contributed by atoms with van der Waals surface area (Å²) in [7, 11) is -4.45. The molecule has 0 saturated heterocycles. The predicted molar refractivity (Wildman–Crippen MR) is 222 cm³/mol. The van der Waals surface area contributed by atoms with Gasteiger partial charge in [-0.2, -0.15) is 8.42 Å². The first kappa shape index (κ1) is 50.3. The van der Waals surface area contributed by atoms with Crippen molar-refractivity contribution in [1.29, 1.82) is 0 Å². The molecule has 0 spiro atoms. The number of aliphatic hydroxyl groups is 2. The molecule has 4 N–H and O–H groups in total. The van der Waals surface area contributed by atoms with Crippen molar-refractivity contribution in [2.24, 2.45) is 0 Å². The van der Waals surface area contributed by atoms with Crippen LogP contribution in [0, 0.1) is 0 Å². The molecule has 3 unspecified atom stereocenters. The first-order valence-electron chi connectivity index (χ1n) is 21.4. The van der Waals surface area contributed by atoms with Crippen molar-refractivity contribution in [1.82, 2.24) is 5.32 Å². The fraction of sp³-hybridized carbons (Fsp3) is 0.795. The number of nitrogens with one attached hydrogen (secondary N) is 1. The van der Waals surface area contributed by atoms with E-state index in [-0.39, 0.29) is 6.42 Å². The first-order valence-corrected chi connectivity index (χ1v) is 23.1. The summed E-state index contributed by atoms with van der Waals surface area (Å²) in [5, 5.41) is 23.4. The molecule has 52 heavy (non-hydrogen) atoms. The predicted octanol–water partition coefficient (Wildman–Crippen LogP) is 11.7. The Bertz CT molecular complexity index is 1020. The molecule has 0 radical (unpaired) electrons. The molecule has 0 heterocycles.